The third-order valence-corrected chi connectivity index (χ3v) is 3.57. The highest BCUT2D eigenvalue weighted by molar-refractivity contribution is 5.63. The van der Waals surface area contributed by atoms with Crippen LogP contribution in [0.15, 0.2) is 36.7 Å². The molecule has 0 aliphatic carbocycles. The number of hydrogen-bond donors (Lipinski definition) is 1. The second kappa shape index (κ2) is 7.04. The zero-order valence-electron chi connectivity index (χ0n) is 12.7. The second-order valence-corrected chi connectivity index (χ2v) is 5.38. The van der Waals surface area contributed by atoms with E-state index in [0.29, 0.717) is 23.6 Å². The molecule has 0 amide bonds. The van der Waals surface area contributed by atoms with E-state index < -0.39 is 6.36 Å². The van der Waals surface area contributed by atoms with Crippen molar-refractivity contribution < 1.29 is 22.6 Å². The lowest BCUT2D eigenvalue weighted by Gasteiger charge is -2.12. The SMILES string of the molecule is FC(F)(F)Oc1cccc(-c2cc(NCC3CCCO3)ncn2)c1. The van der Waals surface area contributed by atoms with E-state index in [-0.39, 0.29) is 11.9 Å². The quantitative estimate of drug-likeness (QED) is 0.901. The van der Waals surface area contributed by atoms with Gasteiger partial charge in [-0.3, -0.25) is 0 Å². The van der Waals surface area contributed by atoms with Gasteiger partial charge in [-0.2, -0.15) is 0 Å². The van der Waals surface area contributed by atoms with Gasteiger partial charge in [0.15, 0.2) is 0 Å². The highest BCUT2D eigenvalue weighted by atomic mass is 19.4. The molecule has 1 aromatic carbocycles. The minimum atomic E-state index is -4.72. The van der Waals surface area contributed by atoms with Crippen LogP contribution < -0.4 is 10.1 Å². The molecule has 5 nitrogen and oxygen atoms in total. The van der Waals surface area contributed by atoms with Crippen LogP contribution in [-0.4, -0.2) is 35.6 Å². The van der Waals surface area contributed by atoms with E-state index in [0.717, 1.165) is 19.4 Å². The first-order valence-electron chi connectivity index (χ1n) is 7.53. The molecule has 2 heterocycles. The van der Waals surface area contributed by atoms with Crippen LogP contribution in [0, 0.1) is 0 Å². The van der Waals surface area contributed by atoms with Crippen molar-refractivity contribution in [2.45, 2.75) is 25.3 Å². The monoisotopic (exact) mass is 339 g/mol. The first-order valence-corrected chi connectivity index (χ1v) is 7.53. The second-order valence-electron chi connectivity index (χ2n) is 5.38. The molecular formula is C16H16F3N3O2. The van der Waals surface area contributed by atoms with E-state index in [2.05, 4.69) is 20.0 Å². The molecule has 1 unspecified atom stereocenters. The lowest BCUT2D eigenvalue weighted by atomic mass is 10.1. The summed E-state index contributed by atoms with van der Waals surface area (Å²) in [5.74, 6) is 0.310. The molecule has 8 heteroatoms. The number of rotatable bonds is 5. The van der Waals surface area contributed by atoms with Crippen molar-refractivity contribution in [2.75, 3.05) is 18.5 Å². The molecule has 1 aromatic heterocycles. The van der Waals surface area contributed by atoms with Gasteiger partial charge in [0.1, 0.15) is 17.9 Å². The molecule has 1 atom stereocenters. The molecule has 3 rings (SSSR count). The van der Waals surface area contributed by atoms with Crippen molar-refractivity contribution in [3.63, 3.8) is 0 Å². The molecule has 0 spiro atoms. The molecule has 1 saturated heterocycles. The van der Waals surface area contributed by atoms with E-state index in [1.165, 1.54) is 24.5 Å². The van der Waals surface area contributed by atoms with Gasteiger partial charge in [0.2, 0.25) is 0 Å². The van der Waals surface area contributed by atoms with Crippen molar-refractivity contribution in [3.8, 4) is 17.0 Å². The maximum Gasteiger partial charge on any atom is 0.573 e. The number of alkyl halides is 3. The minimum Gasteiger partial charge on any atom is -0.406 e. The molecule has 1 N–H and O–H groups in total. The number of aromatic nitrogens is 2. The third kappa shape index (κ3) is 4.58. The highest BCUT2D eigenvalue weighted by Crippen LogP contribution is 2.27. The van der Waals surface area contributed by atoms with Crippen LogP contribution in [0.25, 0.3) is 11.3 Å². The Kier molecular flexibility index (Phi) is 4.84. The predicted molar refractivity (Wildman–Crippen MR) is 81.6 cm³/mol. The first kappa shape index (κ1) is 16.5. The van der Waals surface area contributed by atoms with Gasteiger partial charge >= 0.3 is 6.36 Å². The van der Waals surface area contributed by atoms with Gasteiger partial charge in [0.25, 0.3) is 0 Å². The number of anilines is 1. The van der Waals surface area contributed by atoms with Crippen molar-refractivity contribution in [2.24, 2.45) is 0 Å². The summed E-state index contributed by atoms with van der Waals surface area (Å²) in [4.78, 5) is 8.23. The fourth-order valence-corrected chi connectivity index (χ4v) is 2.49. The Balaban J connectivity index is 1.72. The van der Waals surface area contributed by atoms with Gasteiger partial charge in [-0.05, 0) is 25.0 Å². The van der Waals surface area contributed by atoms with Crippen LogP contribution in [0.3, 0.4) is 0 Å². The van der Waals surface area contributed by atoms with Crippen LogP contribution in [-0.2, 0) is 4.74 Å². The van der Waals surface area contributed by atoms with E-state index in [4.69, 9.17) is 4.74 Å². The number of nitrogens with zero attached hydrogens (tertiary/aromatic N) is 2. The topological polar surface area (TPSA) is 56.3 Å². The maximum atomic E-state index is 12.3. The zero-order valence-corrected chi connectivity index (χ0v) is 12.7. The maximum absolute atomic E-state index is 12.3. The molecule has 24 heavy (non-hydrogen) atoms. The largest absolute Gasteiger partial charge is 0.573 e. The van der Waals surface area contributed by atoms with Crippen molar-refractivity contribution in [1.29, 1.82) is 0 Å². The van der Waals surface area contributed by atoms with Gasteiger partial charge in [-0.1, -0.05) is 12.1 Å². The van der Waals surface area contributed by atoms with E-state index in [9.17, 15) is 13.2 Å². The highest BCUT2D eigenvalue weighted by Gasteiger charge is 2.31. The van der Waals surface area contributed by atoms with E-state index >= 15 is 0 Å². The standard InChI is InChI=1S/C16H16F3N3O2/c17-16(18,19)24-12-4-1-3-11(7-12)14-8-15(22-10-21-14)20-9-13-5-2-6-23-13/h1,3-4,7-8,10,13H,2,5-6,9H2,(H,20,21,22). The molecule has 1 aliphatic rings. The predicted octanol–water partition coefficient (Wildman–Crippen LogP) is 3.63. The molecule has 0 radical (unpaired) electrons. The number of hydrogen-bond acceptors (Lipinski definition) is 5. The summed E-state index contributed by atoms with van der Waals surface area (Å²) in [6.45, 7) is 1.40. The molecule has 128 valence electrons. The fourth-order valence-electron chi connectivity index (χ4n) is 2.49. The van der Waals surface area contributed by atoms with Crippen LogP contribution in [0.5, 0.6) is 5.75 Å². The Morgan fingerprint density at radius 1 is 1.25 bits per heavy atom. The van der Waals surface area contributed by atoms with Crippen LogP contribution in [0.1, 0.15) is 12.8 Å². The normalized spacial score (nSPS) is 17.7. The number of nitrogens with one attached hydrogen (secondary N) is 1. The summed E-state index contributed by atoms with van der Waals surface area (Å²) < 4.78 is 46.4. The molecule has 1 fully saturated rings. The average Bonchev–Trinajstić information content (AvgIpc) is 3.05. The molecule has 1 aliphatic heterocycles. The summed E-state index contributed by atoms with van der Waals surface area (Å²) in [7, 11) is 0. The summed E-state index contributed by atoms with van der Waals surface area (Å²) >= 11 is 0. The summed E-state index contributed by atoms with van der Waals surface area (Å²) in [5, 5.41) is 3.16. The molecule has 0 bridgehead atoms. The third-order valence-electron chi connectivity index (χ3n) is 3.57. The van der Waals surface area contributed by atoms with Crippen molar-refractivity contribution in [1.82, 2.24) is 9.97 Å². The molecular weight excluding hydrogens is 323 g/mol. The summed E-state index contributed by atoms with van der Waals surface area (Å²) in [6, 6.07) is 7.36. The van der Waals surface area contributed by atoms with Crippen molar-refractivity contribution >= 4 is 5.82 Å². The Labute approximate surface area is 136 Å². The molecule has 0 saturated carbocycles. The smallest absolute Gasteiger partial charge is 0.406 e. The Morgan fingerprint density at radius 3 is 2.88 bits per heavy atom. The van der Waals surface area contributed by atoms with Gasteiger partial charge in [-0.25, -0.2) is 9.97 Å². The number of ether oxygens (including phenoxy) is 2. The van der Waals surface area contributed by atoms with Crippen LogP contribution >= 0.6 is 0 Å². The Hall–Kier alpha value is -2.35. The minimum absolute atomic E-state index is 0.159. The van der Waals surface area contributed by atoms with Gasteiger partial charge < -0.3 is 14.8 Å². The average molecular weight is 339 g/mol. The Bertz CT molecular complexity index is 688. The Morgan fingerprint density at radius 2 is 2.12 bits per heavy atom. The fraction of sp³-hybridized carbons (Fsp3) is 0.375. The van der Waals surface area contributed by atoms with Crippen LogP contribution in [0.4, 0.5) is 19.0 Å². The molecule has 2 aromatic rings. The van der Waals surface area contributed by atoms with Crippen molar-refractivity contribution in [3.05, 3.63) is 36.7 Å². The number of benzene rings is 1. The zero-order chi connectivity index (χ0) is 17.0. The number of halogens is 3. The van der Waals surface area contributed by atoms with Crippen LogP contribution in [0.2, 0.25) is 0 Å². The first-order chi connectivity index (χ1) is 11.5. The summed E-state index contributed by atoms with van der Waals surface area (Å²) in [5.41, 5.74) is 1.02. The van der Waals surface area contributed by atoms with E-state index in [1.807, 2.05) is 0 Å². The van der Waals surface area contributed by atoms with Gasteiger partial charge in [0, 0.05) is 24.8 Å². The lowest BCUT2D eigenvalue weighted by Crippen LogP contribution is -2.19. The van der Waals surface area contributed by atoms with Gasteiger partial charge in [-0.15, -0.1) is 13.2 Å². The van der Waals surface area contributed by atoms with E-state index in [1.54, 1.807) is 12.1 Å². The van der Waals surface area contributed by atoms with Gasteiger partial charge in [0.05, 0.1) is 11.8 Å². The lowest BCUT2D eigenvalue weighted by molar-refractivity contribution is -0.274. The summed E-state index contributed by atoms with van der Waals surface area (Å²) in [6.07, 6.45) is -1.15.